The maximum Gasteiger partial charge on any atom is 0.226 e. The first-order valence-electron chi connectivity index (χ1n) is 6.43. The van der Waals surface area contributed by atoms with Crippen LogP contribution in [0.15, 0.2) is 11.4 Å². The Kier molecular flexibility index (Phi) is 2.86. The third-order valence-corrected chi connectivity index (χ3v) is 4.25. The molecule has 1 saturated carbocycles. The van der Waals surface area contributed by atoms with Crippen molar-refractivity contribution >= 4 is 33.3 Å². The second-order valence-corrected chi connectivity index (χ2v) is 6.12. The quantitative estimate of drug-likeness (QED) is 0.867. The number of rotatable bonds is 5. The highest BCUT2D eigenvalue weighted by Crippen LogP contribution is 2.45. The summed E-state index contributed by atoms with van der Waals surface area (Å²) in [4.78, 5) is 10.1. The predicted octanol–water partition coefficient (Wildman–Crippen LogP) is 3.34. The summed E-state index contributed by atoms with van der Waals surface area (Å²) in [6.45, 7) is 6.21. The molecule has 0 bridgehead atoms. The van der Waals surface area contributed by atoms with Crippen molar-refractivity contribution in [3.8, 4) is 0 Å². The molecular weight excluding hydrogens is 244 g/mol. The maximum atomic E-state index is 4.57. The minimum absolute atomic E-state index is 0.478. The van der Waals surface area contributed by atoms with Gasteiger partial charge in [-0.05, 0) is 36.6 Å². The number of nitrogens with one attached hydrogen (secondary N) is 2. The predicted molar refractivity (Wildman–Crippen MR) is 77.4 cm³/mol. The van der Waals surface area contributed by atoms with Crippen molar-refractivity contribution in [2.75, 3.05) is 23.7 Å². The lowest BCUT2D eigenvalue weighted by atomic mass is 10.1. The van der Waals surface area contributed by atoms with E-state index in [0.29, 0.717) is 5.41 Å². The summed E-state index contributed by atoms with van der Waals surface area (Å²) in [5.74, 6) is 1.68. The SMILES string of the molecule is CCNc1nc(NCC2(C)CC2)c2ccsc2n1. The van der Waals surface area contributed by atoms with Gasteiger partial charge in [-0.25, -0.2) is 4.98 Å². The lowest BCUT2D eigenvalue weighted by Crippen LogP contribution is -2.14. The fraction of sp³-hybridized carbons (Fsp3) is 0.538. The minimum atomic E-state index is 0.478. The molecule has 0 atom stereocenters. The van der Waals surface area contributed by atoms with Crippen molar-refractivity contribution < 1.29 is 0 Å². The number of anilines is 2. The zero-order valence-corrected chi connectivity index (χ0v) is 11.6. The Labute approximate surface area is 111 Å². The molecule has 5 heteroatoms. The topological polar surface area (TPSA) is 49.8 Å². The molecule has 1 aliphatic carbocycles. The zero-order chi connectivity index (χ0) is 12.6. The number of fused-ring (bicyclic) bond motifs is 1. The van der Waals surface area contributed by atoms with Crippen molar-refractivity contribution in [3.63, 3.8) is 0 Å². The van der Waals surface area contributed by atoms with E-state index in [-0.39, 0.29) is 0 Å². The molecule has 0 saturated heterocycles. The van der Waals surface area contributed by atoms with Crippen molar-refractivity contribution in [3.05, 3.63) is 11.4 Å². The van der Waals surface area contributed by atoms with Gasteiger partial charge in [0.15, 0.2) is 0 Å². The van der Waals surface area contributed by atoms with Gasteiger partial charge in [-0.3, -0.25) is 0 Å². The van der Waals surface area contributed by atoms with Crippen molar-refractivity contribution in [1.82, 2.24) is 9.97 Å². The molecule has 2 N–H and O–H groups in total. The van der Waals surface area contributed by atoms with Crippen LogP contribution in [0.4, 0.5) is 11.8 Å². The zero-order valence-electron chi connectivity index (χ0n) is 10.8. The van der Waals surface area contributed by atoms with Crippen LogP contribution in [-0.4, -0.2) is 23.1 Å². The van der Waals surface area contributed by atoms with Crippen molar-refractivity contribution in [2.45, 2.75) is 26.7 Å². The van der Waals surface area contributed by atoms with Gasteiger partial charge in [-0.15, -0.1) is 11.3 Å². The number of hydrogen-bond acceptors (Lipinski definition) is 5. The summed E-state index contributed by atoms with van der Waals surface area (Å²) in [6.07, 6.45) is 2.63. The summed E-state index contributed by atoms with van der Waals surface area (Å²) in [6, 6.07) is 2.09. The highest BCUT2D eigenvalue weighted by atomic mass is 32.1. The lowest BCUT2D eigenvalue weighted by molar-refractivity contribution is 0.610. The van der Waals surface area contributed by atoms with Crippen molar-refractivity contribution in [2.24, 2.45) is 5.41 Å². The van der Waals surface area contributed by atoms with Crippen LogP contribution in [0.3, 0.4) is 0 Å². The van der Waals surface area contributed by atoms with Crippen LogP contribution in [0, 0.1) is 5.41 Å². The summed E-state index contributed by atoms with van der Waals surface area (Å²) in [5, 5.41) is 9.88. The monoisotopic (exact) mass is 262 g/mol. The highest BCUT2D eigenvalue weighted by Gasteiger charge is 2.37. The molecule has 18 heavy (non-hydrogen) atoms. The van der Waals surface area contributed by atoms with E-state index in [1.165, 1.54) is 12.8 Å². The third kappa shape index (κ3) is 2.27. The van der Waals surface area contributed by atoms with E-state index >= 15 is 0 Å². The molecule has 0 aliphatic heterocycles. The van der Waals surface area contributed by atoms with Crippen LogP contribution in [0.2, 0.25) is 0 Å². The van der Waals surface area contributed by atoms with Crippen LogP contribution in [0.5, 0.6) is 0 Å². The second kappa shape index (κ2) is 4.39. The molecule has 0 aromatic carbocycles. The normalized spacial score (nSPS) is 16.8. The maximum absolute atomic E-state index is 4.57. The Balaban J connectivity index is 1.89. The van der Waals surface area contributed by atoms with Gasteiger partial charge in [0.1, 0.15) is 10.6 Å². The molecule has 0 amide bonds. The van der Waals surface area contributed by atoms with Gasteiger partial charge in [0.25, 0.3) is 0 Å². The Morgan fingerprint density at radius 1 is 1.33 bits per heavy atom. The number of thiophene rings is 1. The largest absolute Gasteiger partial charge is 0.369 e. The fourth-order valence-corrected chi connectivity index (χ4v) is 2.68. The lowest BCUT2D eigenvalue weighted by Gasteiger charge is -2.12. The first-order chi connectivity index (χ1) is 8.70. The first kappa shape index (κ1) is 11.7. The fourth-order valence-electron chi connectivity index (χ4n) is 1.91. The van der Waals surface area contributed by atoms with Crippen LogP contribution in [-0.2, 0) is 0 Å². The van der Waals surface area contributed by atoms with Gasteiger partial charge in [-0.2, -0.15) is 4.98 Å². The Hall–Kier alpha value is -1.36. The van der Waals surface area contributed by atoms with Crippen LogP contribution >= 0.6 is 11.3 Å². The summed E-state index contributed by atoms with van der Waals surface area (Å²) in [5.41, 5.74) is 0.478. The molecule has 3 rings (SSSR count). The molecule has 2 aromatic rings. The molecule has 2 aromatic heterocycles. The number of aromatic nitrogens is 2. The van der Waals surface area contributed by atoms with E-state index in [0.717, 1.165) is 35.1 Å². The highest BCUT2D eigenvalue weighted by molar-refractivity contribution is 7.16. The Bertz CT molecular complexity index is 559. The van der Waals surface area contributed by atoms with E-state index < -0.39 is 0 Å². The van der Waals surface area contributed by atoms with Gasteiger partial charge >= 0.3 is 0 Å². The first-order valence-corrected chi connectivity index (χ1v) is 7.31. The minimum Gasteiger partial charge on any atom is -0.369 e. The van der Waals surface area contributed by atoms with E-state index in [1.807, 2.05) is 0 Å². The molecule has 0 radical (unpaired) electrons. The van der Waals surface area contributed by atoms with E-state index in [4.69, 9.17) is 0 Å². The molecule has 4 nitrogen and oxygen atoms in total. The molecule has 0 unspecified atom stereocenters. The van der Waals surface area contributed by atoms with Crippen LogP contribution in [0.1, 0.15) is 26.7 Å². The van der Waals surface area contributed by atoms with E-state index in [9.17, 15) is 0 Å². The van der Waals surface area contributed by atoms with E-state index in [2.05, 4.69) is 45.9 Å². The summed E-state index contributed by atoms with van der Waals surface area (Å²) < 4.78 is 0. The summed E-state index contributed by atoms with van der Waals surface area (Å²) >= 11 is 1.66. The average molecular weight is 262 g/mol. The van der Waals surface area contributed by atoms with E-state index in [1.54, 1.807) is 11.3 Å². The average Bonchev–Trinajstić information content (AvgIpc) is 2.90. The standard InChI is InChI=1S/C13H18N4S/c1-3-14-12-16-10(15-8-13(2)5-6-13)9-4-7-18-11(9)17-12/h4,7H,3,5-6,8H2,1-2H3,(H2,14,15,16,17). The second-order valence-electron chi connectivity index (χ2n) is 5.23. The molecule has 1 aliphatic rings. The molecular formula is C13H18N4S. The molecule has 1 fully saturated rings. The van der Waals surface area contributed by atoms with Crippen molar-refractivity contribution in [1.29, 1.82) is 0 Å². The van der Waals surface area contributed by atoms with Gasteiger partial charge in [0.2, 0.25) is 5.95 Å². The molecule has 2 heterocycles. The third-order valence-electron chi connectivity index (χ3n) is 3.45. The van der Waals surface area contributed by atoms with Gasteiger partial charge in [-0.1, -0.05) is 6.92 Å². The Morgan fingerprint density at radius 2 is 2.17 bits per heavy atom. The smallest absolute Gasteiger partial charge is 0.226 e. The van der Waals surface area contributed by atoms with Crippen LogP contribution < -0.4 is 10.6 Å². The van der Waals surface area contributed by atoms with Crippen LogP contribution in [0.25, 0.3) is 10.2 Å². The van der Waals surface area contributed by atoms with Gasteiger partial charge in [0, 0.05) is 13.1 Å². The molecule has 0 spiro atoms. The number of hydrogen-bond donors (Lipinski definition) is 2. The Morgan fingerprint density at radius 3 is 2.89 bits per heavy atom. The van der Waals surface area contributed by atoms with Gasteiger partial charge < -0.3 is 10.6 Å². The van der Waals surface area contributed by atoms with Gasteiger partial charge in [0.05, 0.1) is 5.39 Å². The summed E-state index contributed by atoms with van der Waals surface area (Å²) in [7, 11) is 0. The molecule has 96 valence electrons. The number of nitrogens with zero attached hydrogens (tertiary/aromatic N) is 2.